The summed E-state index contributed by atoms with van der Waals surface area (Å²) in [5, 5.41) is 22.8. The molecule has 0 fully saturated rings. The summed E-state index contributed by atoms with van der Waals surface area (Å²) in [5.74, 6) is 3.94. The van der Waals surface area contributed by atoms with Gasteiger partial charge in [0.05, 0.1) is 16.7 Å². The smallest absolute Gasteiger partial charge is 0.415 e. The summed E-state index contributed by atoms with van der Waals surface area (Å²) >= 11 is 0. The average molecular weight is 558 g/mol. The van der Waals surface area contributed by atoms with Gasteiger partial charge in [-0.25, -0.2) is 18.7 Å². The topological polar surface area (TPSA) is 181 Å². The Hall–Kier alpha value is -4.87. The fourth-order valence-corrected chi connectivity index (χ4v) is 4.22. The van der Waals surface area contributed by atoms with Crippen molar-refractivity contribution in [3.8, 4) is 23.5 Å². The van der Waals surface area contributed by atoms with Crippen molar-refractivity contribution >= 4 is 27.8 Å². The first-order valence-electron chi connectivity index (χ1n) is 11.3. The van der Waals surface area contributed by atoms with E-state index in [-0.39, 0.29) is 29.4 Å². The molecule has 39 heavy (non-hydrogen) atoms. The normalized spacial score (nSPS) is 10.9. The van der Waals surface area contributed by atoms with Crippen LogP contribution in [0.15, 0.2) is 75.2 Å². The van der Waals surface area contributed by atoms with E-state index in [0.29, 0.717) is 24.3 Å². The number of sulfone groups is 1. The first kappa shape index (κ1) is 28.7. The Balaban J connectivity index is 1.42. The standard InChI is InChI=1S/C25H23N3O10S/c29-22(26-31)9-6-18-35-20-13-10-19(11-14-20)12-15-23(30)36-16-4-5-17-37-24-25(28(32)38-27-24)39(33,34)21-7-2-1-3-8-21/h1-3,7-8,10-15,31H,6,9,16-18H2,(H,26,29). The molecule has 1 aromatic heterocycles. The monoisotopic (exact) mass is 557 g/mol. The van der Waals surface area contributed by atoms with E-state index in [0.717, 1.165) is 0 Å². The number of aromatic nitrogens is 2. The maximum absolute atomic E-state index is 12.7. The predicted octanol–water partition coefficient (Wildman–Crippen LogP) is 1.44. The number of hydrogen-bond donors (Lipinski definition) is 2. The van der Waals surface area contributed by atoms with Crippen LogP contribution in [0.4, 0.5) is 0 Å². The van der Waals surface area contributed by atoms with Crippen molar-refractivity contribution in [2.24, 2.45) is 0 Å². The molecule has 0 radical (unpaired) electrons. The highest BCUT2D eigenvalue weighted by atomic mass is 32.2. The summed E-state index contributed by atoms with van der Waals surface area (Å²) < 4.78 is 45.3. The van der Waals surface area contributed by atoms with Gasteiger partial charge in [-0.3, -0.25) is 14.6 Å². The number of nitrogens with zero attached hydrogens (tertiary/aromatic N) is 2. The average Bonchev–Trinajstić information content (AvgIpc) is 3.33. The van der Waals surface area contributed by atoms with E-state index in [1.807, 2.05) is 0 Å². The van der Waals surface area contributed by atoms with Crippen LogP contribution in [0.25, 0.3) is 6.08 Å². The van der Waals surface area contributed by atoms with E-state index in [1.54, 1.807) is 35.8 Å². The SMILES string of the molecule is O=C(CCCOc1ccc(C=CC(=O)OCC#CCOc2no[n+]([O-])c2S(=O)(=O)c2ccccc2)cc1)NO. The number of hydroxylamine groups is 1. The molecule has 3 rings (SSSR count). The lowest BCUT2D eigenvalue weighted by Gasteiger charge is -2.05. The molecule has 1 amide bonds. The molecule has 204 valence electrons. The second-order valence-electron chi connectivity index (χ2n) is 7.50. The third-order valence-corrected chi connectivity index (χ3v) is 6.51. The Morgan fingerprint density at radius 3 is 2.51 bits per heavy atom. The van der Waals surface area contributed by atoms with Crippen LogP contribution in [0.5, 0.6) is 11.6 Å². The number of carbonyl (C=O) groups is 2. The van der Waals surface area contributed by atoms with E-state index in [9.17, 15) is 23.2 Å². The second kappa shape index (κ2) is 14.2. The van der Waals surface area contributed by atoms with Crippen LogP contribution >= 0.6 is 0 Å². The van der Waals surface area contributed by atoms with Gasteiger partial charge in [-0.2, -0.15) is 0 Å². The zero-order valence-corrected chi connectivity index (χ0v) is 21.1. The number of esters is 1. The predicted molar refractivity (Wildman–Crippen MR) is 132 cm³/mol. The van der Waals surface area contributed by atoms with Gasteiger partial charge in [0.15, 0.2) is 13.2 Å². The summed E-state index contributed by atoms with van der Waals surface area (Å²) in [6.45, 7) is -0.310. The van der Waals surface area contributed by atoms with Crippen molar-refractivity contribution in [3.05, 3.63) is 71.4 Å². The number of carbonyl (C=O) groups excluding carboxylic acids is 2. The molecule has 2 N–H and O–H groups in total. The molecule has 2 aromatic carbocycles. The number of rotatable bonds is 12. The summed E-state index contributed by atoms with van der Waals surface area (Å²) in [6.07, 6.45) is 3.32. The van der Waals surface area contributed by atoms with Crippen molar-refractivity contribution in [3.63, 3.8) is 0 Å². The third-order valence-electron chi connectivity index (χ3n) is 4.78. The van der Waals surface area contributed by atoms with Gasteiger partial charge in [0.25, 0.3) is 9.84 Å². The lowest BCUT2D eigenvalue weighted by Crippen LogP contribution is -2.30. The molecule has 1 heterocycles. The Bertz CT molecular complexity index is 1460. The summed E-state index contributed by atoms with van der Waals surface area (Å²) in [4.78, 5) is 22.4. The Morgan fingerprint density at radius 1 is 1.08 bits per heavy atom. The number of benzene rings is 2. The van der Waals surface area contributed by atoms with Gasteiger partial charge in [-0.1, -0.05) is 42.2 Å². The second-order valence-corrected chi connectivity index (χ2v) is 9.36. The molecular weight excluding hydrogens is 534 g/mol. The minimum Gasteiger partial charge on any atom is -0.494 e. The lowest BCUT2D eigenvalue weighted by molar-refractivity contribution is -0.832. The Morgan fingerprint density at radius 2 is 1.79 bits per heavy atom. The third kappa shape index (κ3) is 8.59. The number of amides is 1. The van der Waals surface area contributed by atoms with Gasteiger partial charge in [-0.15, -0.1) is 0 Å². The molecule has 3 aromatic rings. The minimum atomic E-state index is -4.24. The molecule has 0 spiro atoms. The van der Waals surface area contributed by atoms with Gasteiger partial charge in [0, 0.05) is 12.5 Å². The van der Waals surface area contributed by atoms with E-state index >= 15 is 0 Å². The molecule has 0 atom stereocenters. The van der Waals surface area contributed by atoms with Crippen LogP contribution in [0.1, 0.15) is 18.4 Å². The Kier molecular flexibility index (Phi) is 10.4. The maximum Gasteiger partial charge on any atom is 0.415 e. The summed E-state index contributed by atoms with van der Waals surface area (Å²) in [7, 11) is -4.24. The zero-order valence-electron chi connectivity index (χ0n) is 20.3. The first-order valence-corrected chi connectivity index (χ1v) is 12.8. The summed E-state index contributed by atoms with van der Waals surface area (Å²) in [6, 6.07) is 14.1. The van der Waals surface area contributed by atoms with Crippen LogP contribution in [0, 0.1) is 17.0 Å². The van der Waals surface area contributed by atoms with E-state index in [4.69, 9.17) is 19.4 Å². The van der Waals surface area contributed by atoms with Gasteiger partial charge in [-0.05, 0) is 47.2 Å². The molecule has 0 aliphatic rings. The van der Waals surface area contributed by atoms with Crippen molar-refractivity contribution in [2.45, 2.75) is 22.8 Å². The molecule has 0 unspecified atom stereocenters. The molecule has 13 nitrogen and oxygen atoms in total. The molecule has 0 saturated heterocycles. The maximum atomic E-state index is 12.7. The van der Waals surface area contributed by atoms with Gasteiger partial charge < -0.3 is 19.4 Å². The van der Waals surface area contributed by atoms with Crippen molar-refractivity contribution in [1.29, 1.82) is 0 Å². The number of hydrogen-bond acceptors (Lipinski definition) is 11. The van der Waals surface area contributed by atoms with Crippen molar-refractivity contribution in [1.82, 2.24) is 10.6 Å². The molecular formula is C25H23N3O10S. The van der Waals surface area contributed by atoms with E-state index in [2.05, 4.69) is 21.6 Å². The largest absolute Gasteiger partial charge is 0.494 e. The highest BCUT2D eigenvalue weighted by molar-refractivity contribution is 7.91. The highest BCUT2D eigenvalue weighted by Crippen LogP contribution is 2.24. The molecule has 0 bridgehead atoms. The van der Waals surface area contributed by atoms with Crippen LogP contribution in [0.2, 0.25) is 0 Å². The molecule has 0 aliphatic carbocycles. The van der Waals surface area contributed by atoms with Crippen LogP contribution < -0.4 is 19.9 Å². The van der Waals surface area contributed by atoms with Gasteiger partial charge in [0.2, 0.25) is 5.91 Å². The minimum absolute atomic E-state index is 0.139. The molecule has 14 heteroatoms. The van der Waals surface area contributed by atoms with E-state index in [1.165, 1.54) is 36.4 Å². The lowest BCUT2D eigenvalue weighted by atomic mass is 10.2. The van der Waals surface area contributed by atoms with Crippen LogP contribution in [-0.2, 0) is 24.2 Å². The fraction of sp³-hybridized carbons (Fsp3) is 0.200. The molecule has 0 saturated carbocycles. The zero-order chi connectivity index (χ0) is 28.1. The van der Waals surface area contributed by atoms with Crippen molar-refractivity contribution < 1.29 is 47.0 Å². The van der Waals surface area contributed by atoms with Gasteiger partial charge >= 0.3 is 16.9 Å². The van der Waals surface area contributed by atoms with Gasteiger partial charge in [0.1, 0.15) is 5.75 Å². The Labute approximate surface area is 223 Å². The number of nitrogens with one attached hydrogen (secondary N) is 1. The van der Waals surface area contributed by atoms with Crippen LogP contribution in [0.3, 0.4) is 0 Å². The quantitative estimate of drug-likeness (QED) is 0.0625. The van der Waals surface area contributed by atoms with Crippen molar-refractivity contribution in [2.75, 3.05) is 19.8 Å². The first-order chi connectivity index (χ1) is 18.8. The molecule has 0 aliphatic heterocycles. The van der Waals surface area contributed by atoms with Crippen LogP contribution in [-0.4, -0.2) is 50.5 Å². The number of ether oxygens (including phenoxy) is 3. The van der Waals surface area contributed by atoms with E-state index < -0.39 is 32.6 Å². The summed E-state index contributed by atoms with van der Waals surface area (Å²) in [5.41, 5.74) is 2.26. The highest BCUT2D eigenvalue weighted by Gasteiger charge is 2.35. The fourth-order valence-electron chi connectivity index (χ4n) is 2.92.